The Morgan fingerprint density at radius 3 is 2.87 bits per heavy atom. The number of alkyl halides is 1. The van der Waals surface area contributed by atoms with E-state index in [1.807, 2.05) is 0 Å². The smallest absolute Gasteiger partial charge is 0.223 e. The maximum Gasteiger partial charge on any atom is 0.223 e. The van der Waals surface area contributed by atoms with E-state index >= 15 is 0 Å². The summed E-state index contributed by atoms with van der Waals surface area (Å²) in [5.41, 5.74) is -0.129. The van der Waals surface area contributed by atoms with Crippen LogP contribution in [0.3, 0.4) is 0 Å². The molecule has 15 heavy (non-hydrogen) atoms. The molecule has 1 rings (SSSR count). The Kier molecular flexibility index (Phi) is 5.06. The molecule has 1 fully saturated rings. The lowest BCUT2D eigenvalue weighted by Gasteiger charge is -2.27. The normalized spacial score (nSPS) is 24.9. The number of hydrogen-bond acceptors (Lipinski definition) is 2. The van der Waals surface area contributed by atoms with Crippen molar-refractivity contribution < 1.29 is 9.53 Å². The second-order valence-corrected chi connectivity index (χ2v) is 5.00. The van der Waals surface area contributed by atoms with E-state index in [1.165, 1.54) is 0 Å². The van der Waals surface area contributed by atoms with Crippen molar-refractivity contribution in [2.75, 3.05) is 11.9 Å². The molecule has 0 aromatic carbocycles. The Morgan fingerprint density at radius 1 is 1.67 bits per heavy atom. The second kappa shape index (κ2) is 5.85. The van der Waals surface area contributed by atoms with Gasteiger partial charge in [0.2, 0.25) is 5.91 Å². The topological polar surface area (TPSA) is 38.3 Å². The molecule has 0 bridgehead atoms. The van der Waals surface area contributed by atoms with Crippen molar-refractivity contribution >= 4 is 21.8 Å². The van der Waals surface area contributed by atoms with Gasteiger partial charge < -0.3 is 10.1 Å². The van der Waals surface area contributed by atoms with Gasteiger partial charge in [0.05, 0.1) is 12.5 Å². The van der Waals surface area contributed by atoms with E-state index in [2.05, 4.69) is 35.1 Å². The van der Waals surface area contributed by atoms with Gasteiger partial charge >= 0.3 is 0 Å². The molecule has 0 aromatic rings. The summed E-state index contributed by atoms with van der Waals surface area (Å²) < 4.78 is 5.43. The summed E-state index contributed by atoms with van der Waals surface area (Å²) in [6.07, 6.45) is 3.67. The Morgan fingerprint density at radius 2 is 2.40 bits per heavy atom. The molecule has 1 aliphatic rings. The minimum Gasteiger partial charge on any atom is -0.378 e. The fraction of sp³-hybridized carbons (Fsp3) is 0.909. The molecule has 88 valence electrons. The van der Waals surface area contributed by atoms with Crippen LogP contribution in [0.2, 0.25) is 0 Å². The van der Waals surface area contributed by atoms with Crippen LogP contribution in [0.15, 0.2) is 0 Å². The van der Waals surface area contributed by atoms with Gasteiger partial charge in [-0.3, -0.25) is 4.79 Å². The van der Waals surface area contributed by atoms with Gasteiger partial charge in [-0.2, -0.15) is 0 Å². The Labute approximate surface area is 100 Å². The molecule has 0 aromatic heterocycles. The van der Waals surface area contributed by atoms with E-state index in [9.17, 15) is 4.79 Å². The zero-order valence-corrected chi connectivity index (χ0v) is 11.1. The van der Waals surface area contributed by atoms with Crippen molar-refractivity contribution in [2.45, 2.75) is 51.2 Å². The van der Waals surface area contributed by atoms with E-state index in [1.54, 1.807) is 0 Å². The lowest BCUT2D eigenvalue weighted by Crippen LogP contribution is -2.47. The summed E-state index contributed by atoms with van der Waals surface area (Å²) >= 11 is 3.43. The first-order valence-corrected chi connectivity index (χ1v) is 6.70. The Balaban J connectivity index is 2.33. The molecule has 0 aliphatic carbocycles. The molecular formula is C11H20BrNO2. The van der Waals surface area contributed by atoms with Gasteiger partial charge in [0.25, 0.3) is 0 Å². The van der Waals surface area contributed by atoms with Gasteiger partial charge in [0, 0.05) is 17.5 Å². The van der Waals surface area contributed by atoms with Gasteiger partial charge in [-0.05, 0) is 26.2 Å². The van der Waals surface area contributed by atoms with Crippen LogP contribution in [0.4, 0.5) is 0 Å². The first-order chi connectivity index (χ1) is 7.09. The summed E-state index contributed by atoms with van der Waals surface area (Å²) in [6, 6.07) is 0. The van der Waals surface area contributed by atoms with Crippen LogP contribution in [0, 0.1) is 0 Å². The molecule has 2 atom stereocenters. The van der Waals surface area contributed by atoms with Gasteiger partial charge in [-0.1, -0.05) is 22.9 Å². The van der Waals surface area contributed by atoms with Crippen LogP contribution >= 0.6 is 15.9 Å². The van der Waals surface area contributed by atoms with Crippen LogP contribution < -0.4 is 5.32 Å². The number of carbonyl (C=O) groups is 1. The molecule has 2 unspecified atom stereocenters. The van der Waals surface area contributed by atoms with E-state index in [0.717, 1.165) is 31.2 Å². The van der Waals surface area contributed by atoms with Crippen LogP contribution in [-0.4, -0.2) is 29.5 Å². The lowest BCUT2D eigenvalue weighted by atomic mass is 10.0. The number of ether oxygens (including phenoxy) is 1. The van der Waals surface area contributed by atoms with Crippen LogP contribution in [0.1, 0.15) is 39.5 Å². The second-order valence-electron chi connectivity index (χ2n) is 4.44. The number of halogens is 1. The van der Waals surface area contributed by atoms with E-state index in [0.29, 0.717) is 6.42 Å². The van der Waals surface area contributed by atoms with Crippen LogP contribution in [0.25, 0.3) is 0 Å². The molecule has 0 spiro atoms. The van der Waals surface area contributed by atoms with E-state index in [-0.39, 0.29) is 17.6 Å². The minimum absolute atomic E-state index is 0.103. The summed E-state index contributed by atoms with van der Waals surface area (Å²) in [5.74, 6) is 0.103. The van der Waals surface area contributed by atoms with Gasteiger partial charge in [-0.25, -0.2) is 0 Å². The number of carbonyl (C=O) groups excluding carboxylic acids is 1. The fourth-order valence-corrected chi connectivity index (χ4v) is 2.15. The Bertz CT molecular complexity index is 211. The molecule has 4 heteroatoms. The highest BCUT2D eigenvalue weighted by Gasteiger charge is 2.25. The zero-order chi connectivity index (χ0) is 11.3. The SMILES string of the molecule is CCC(C)(CBr)NC(=O)CC1CCCO1. The molecule has 3 nitrogen and oxygen atoms in total. The van der Waals surface area contributed by atoms with Crippen molar-refractivity contribution in [3.8, 4) is 0 Å². The molecule has 0 saturated carbocycles. The predicted octanol–water partition coefficient (Wildman–Crippen LogP) is 2.24. The molecule has 1 N–H and O–H groups in total. The molecule has 1 heterocycles. The number of hydrogen-bond donors (Lipinski definition) is 1. The number of amides is 1. The van der Waals surface area contributed by atoms with E-state index < -0.39 is 0 Å². The molecule has 1 saturated heterocycles. The van der Waals surface area contributed by atoms with Crippen LogP contribution in [0.5, 0.6) is 0 Å². The van der Waals surface area contributed by atoms with Crippen molar-refractivity contribution in [1.82, 2.24) is 5.32 Å². The lowest BCUT2D eigenvalue weighted by molar-refractivity contribution is -0.124. The largest absolute Gasteiger partial charge is 0.378 e. The van der Waals surface area contributed by atoms with E-state index in [4.69, 9.17) is 4.74 Å². The Hall–Kier alpha value is -0.0900. The van der Waals surface area contributed by atoms with Crippen LogP contribution in [-0.2, 0) is 9.53 Å². The number of rotatable bonds is 5. The molecular weight excluding hydrogens is 258 g/mol. The first-order valence-electron chi connectivity index (χ1n) is 5.58. The standard InChI is InChI=1S/C11H20BrNO2/c1-3-11(2,8-12)13-10(14)7-9-5-4-6-15-9/h9H,3-8H2,1-2H3,(H,13,14). The van der Waals surface area contributed by atoms with Gasteiger partial charge in [-0.15, -0.1) is 0 Å². The maximum absolute atomic E-state index is 11.7. The molecule has 1 amide bonds. The minimum atomic E-state index is -0.129. The highest BCUT2D eigenvalue weighted by Crippen LogP contribution is 2.17. The monoisotopic (exact) mass is 277 g/mol. The summed E-state index contributed by atoms with van der Waals surface area (Å²) in [6.45, 7) is 4.93. The van der Waals surface area contributed by atoms with Gasteiger partial charge in [0.1, 0.15) is 0 Å². The predicted molar refractivity (Wildman–Crippen MR) is 64.2 cm³/mol. The highest BCUT2D eigenvalue weighted by molar-refractivity contribution is 9.09. The third-order valence-electron chi connectivity index (χ3n) is 2.95. The van der Waals surface area contributed by atoms with Crippen molar-refractivity contribution in [2.24, 2.45) is 0 Å². The average Bonchev–Trinajstić information content (AvgIpc) is 2.70. The fourth-order valence-electron chi connectivity index (χ4n) is 1.62. The van der Waals surface area contributed by atoms with Gasteiger partial charge in [0.15, 0.2) is 0 Å². The summed E-state index contributed by atoms with van der Waals surface area (Å²) in [7, 11) is 0. The summed E-state index contributed by atoms with van der Waals surface area (Å²) in [5, 5.41) is 3.84. The first kappa shape index (κ1) is 13.0. The molecule has 0 radical (unpaired) electrons. The average molecular weight is 278 g/mol. The third kappa shape index (κ3) is 4.11. The quantitative estimate of drug-likeness (QED) is 0.783. The summed E-state index contributed by atoms with van der Waals surface area (Å²) in [4.78, 5) is 11.7. The van der Waals surface area contributed by atoms with Crippen molar-refractivity contribution in [1.29, 1.82) is 0 Å². The van der Waals surface area contributed by atoms with Crippen molar-refractivity contribution in [3.05, 3.63) is 0 Å². The maximum atomic E-state index is 11.7. The highest BCUT2D eigenvalue weighted by atomic mass is 79.9. The number of nitrogens with one attached hydrogen (secondary N) is 1. The zero-order valence-electron chi connectivity index (χ0n) is 9.51. The van der Waals surface area contributed by atoms with Crippen molar-refractivity contribution in [3.63, 3.8) is 0 Å². The molecule has 1 aliphatic heterocycles. The third-order valence-corrected chi connectivity index (χ3v) is 4.19.